The fourth-order valence-corrected chi connectivity index (χ4v) is 1.62. The first-order valence-corrected chi connectivity index (χ1v) is 5.87. The van der Waals surface area contributed by atoms with E-state index < -0.39 is 0 Å². The number of hydrogen-bond acceptors (Lipinski definition) is 3. The standard InChI is InChI=1S/C13H21N3O/c1-13(2,3)11(7-8-14)16-12(17)10-6-4-5-9-15-10/h4-6,9,11H,7-8,14H2,1-3H3,(H,16,17). The highest BCUT2D eigenvalue weighted by molar-refractivity contribution is 5.92. The lowest BCUT2D eigenvalue weighted by Gasteiger charge is -2.31. The Kier molecular flexibility index (Phi) is 4.63. The number of carbonyl (C=O) groups excluding carboxylic acids is 1. The van der Waals surface area contributed by atoms with Crippen LogP contribution in [0.4, 0.5) is 0 Å². The monoisotopic (exact) mass is 235 g/mol. The second-order valence-corrected chi connectivity index (χ2v) is 5.18. The fraction of sp³-hybridized carbons (Fsp3) is 0.538. The first kappa shape index (κ1) is 13.6. The number of pyridine rings is 1. The van der Waals surface area contributed by atoms with Crippen LogP contribution in [0.2, 0.25) is 0 Å². The van der Waals surface area contributed by atoms with Crippen LogP contribution >= 0.6 is 0 Å². The smallest absolute Gasteiger partial charge is 0.270 e. The first-order valence-electron chi connectivity index (χ1n) is 5.87. The van der Waals surface area contributed by atoms with E-state index in [1.165, 1.54) is 0 Å². The summed E-state index contributed by atoms with van der Waals surface area (Å²) in [6.45, 7) is 6.83. The van der Waals surface area contributed by atoms with Crippen LogP contribution in [0.25, 0.3) is 0 Å². The van der Waals surface area contributed by atoms with Gasteiger partial charge in [0.2, 0.25) is 0 Å². The minimum absolute atomic E-state index is 0.0101. The molecule has 17 heavy (non-hydrogen) atoms. The molecule has 0 saturated carbocycles. The van der Waals surface area contributed by atoms with Gasteiger partial charge in [0.15, 0.2) is 0 Å². The Balaban J connectivity index is 2.71. The van der Waals surface area contributed by atoms with Gasteiger partial charge in [-0.15, -0.1) is 0 Å². The van der Waals surface area contributed by atoms with Crippen molar-refractivity contribution in [2.45, 2.75) is 33.2 Å². The molecule has 1 aromatic rings. The third kappa shape index (κ3) is 4.15. The molecule has 3 N–H and O–H groups in total. The summed E-state index contributed by atoms with van der Waals surface area (Å²) in [5.41, 5.74) is 6.01. The van der Waals surface area contributed by atoms with Gasteiger partial charge in [0.25, 0.3) is 5.91 Å². The zero-order valence-corrected chi connectivity index (χ0v) is 10.7. The molecule has 0 radical (unpaired) electrons. The highest BCUT2D eigenvalue weighted by atomic mass is 16.1. The van der Waals surface area contributed by atoms with Crippen LogP contribution in [-0.4, -0.2) is 23.5 Å². The number of nitrogens with one attached hydrogen (secondary N) is 1. The maximum Gasteiger partial charge on any atom is 0.270 e. The lowest BCUT2D eigenvalue weighted by atomic mass is 9.84. The van der Waals surface area contributed by atoms with Gasteiger partial charge in [0, 0.05) is 12.2 Å². The molecule has 4 heteroatoms. The summed E-state index contributed by atoms with van der Waals surface area (Å²) in [5.74, 6) is -0.140. The van der Waals surface area contributed by atoms with Gasteiger partial charge in [-0.3, -0.25) is 9.78 Å². The summed E-state index contributed by atoms with van der Waals surface area (Å²) in [7, 11) is 0. The molecule has 0 aliphatic carbocycles. The minimum Gasteiger partial charge on any atom is -0.347 e. The average molecular weight is 235 g/mol. The van der Waals surface area contributed by atoms with Gasteiger partial charge in [0.05, 0.1) is 0 Å². The van der Waals surface area contributed by atoms with Crippen molar-refractivity contribution in [1.29, 1.82) is 0 Å². The van der Waals surface area contributed by atoms with E-state index in [1.807, 2.05) is 0 Å². The van der Waals surface area contributed by atoms with Gasteiger partial charge in [0.1, 0.15) is 5.69 Å². The number of carbonyl (C=O) groups is 1. The number of nitrogens with two attached hydrogens (primary N) is 1. The van der Waals surface area contributed by atoms with Crippen molar-refractivity contribution >= 4 is 5.91 Å². The lowest BCUT2D eigenvalue weighted by Crippen LogP contribution is -2.45. The molecule has 1 aromatic heterocycles. The zero-order chi connectivity index (χ0) is 12.9. The first-order chi connectivity index (χ1) is 7.95. The SMILES string of the molecule is CC(C)(C)C(CCN)NC(=O)c1ccccn1. The molecule has 0 fully saturated rings. The molecule has 1 heterocycles. The predicted molar refractivity (Wildman–Crippen MR) is 68.6 cm³/mol. The van der Waals surface area contributed by atoms with Crippen LogP contribution in [0.3, 0.4) is 0 Å². The highest BCUT2D eigenvalue weighted by Crippen LogP contribution is 2.21. The van der Waals surface area contributed by atoms with E-state index in [4.69, 9.17) is 5.73 Å². The van der Waals surface area contributed by atoms with Crippen molar-refractivity contribution < 1.29 is 4.79 Å². The van der Waals surface area contributed by atoms with Crippen molar-refractivity contribution in [3.8, 4) is 0 Å². The summed E-state index contributed by atoms with van der Waals surface area (Å²) in [5, 5.41) is 2.99. The van der Waals surface area contributed by atoms with E-state index in [2.05, 4.69) is 31.1 Å². The van der Waals surface area contributed by atoms with Gasteiger partial charge >= 0.3 is 0 Å². The molecule has 0 aliphatic rings. The highest BCUT2D eigenvalue weighted by Gasteiger charge is 2.25. The van der Waals surface area contributed by atoms with E-state index >= 15 is 0 Å². The summed E-state index contributed by atoms with van der Waals surface area (Å²) >= 11 is 0. The third-order valence-corrected chi connectivity index (χ3v) is 2.70. The maximum absolute atomic E-state index is 12.0. The molecule has 94 valence electrons. The fourth-order valence-electron chi connectivity index (χ4n) is 1.62. The van der Waals surface area contributed by atoms with Gasteiger partial charge < -0.3 is 11.1 Å². The van der Waals surface area contributed by atoms with E-state index in [-0.39, 0.29) is 17.4 Å². The molecule has 1 atom stereocenters. The lowest BCUT2D eigenvalue weighted by molar-refractivity contribution is 0.0894. The summed E-state index contributed by atoms with van der Waals surface area (Å²) in [6, 6.07) is 5.36. The Bertz CT molecular complexity index is 357. The van der Waals surface area contributed by atoms with E-state index in [0.29, 0.717) is 12.2 Å². The number of aromatic nitrogens is 1. The van der Waals surface area contributed by atoms with Gasteiger partial charge in [-0.25, -0.2) is 0 Å². The predicted octanol–water partition coefficient (Wildman–Crippen LogP) is 1.57. The van der Waals surface area contributed by atoms with Crippen LogP contribution in [0, 0.1) is 5.41 Å². The van der Waals surface area contributed by atoms with Crippen molar-refractivity contribution in [2.75, 3.05) is 6.54 Å². The Hall–Kier alpha value is -1.42. The Morgan fingerprint density at radius 2 is 2.18 bits per heavy atom. The second kappa shape index (κ2) is 5.77. The van der Waals surface area contributed by atoms with Crippen LogP contribution in [0.1, 0.15) is 37.7 Å². The molecule has 0 spiro atoms. The van der Waals surface area contributed by atoms with Gasteiger partial charge in [-0.2, -0.15) is 0 Å². The van der Waals surface area contributed by atoms with E-state index in [0.717, 1.165) is 6.42 Å². The zero-order valence-electron chi connectivity index (χ0n) is 10.7. The molecule has 1 unspecified atom stereocenters. The molecule has 4 nitrogen and oxygen atoms in total. The van der Waals surface area contributed by atoms with Gasteiger partial charge in [-0.05, 0) is 30.5 Å². The quantitative estimate of drug-likeness (QED) is 0.832. The molecule has 1 rings (SSSR count). The van der Waals surface area contributed by atoms with Gasteiger partial charge in [-0.1, -0.05) is 26.8 Å². The molecular formula is C13H21N3O. The van der Waals surface area contributed by atoms with Crippen molar-refractivity contribution in [3.63, 3.8) is 0 Å². The topological polar surface area (TPSA) is 68.0 Å². The van der Waals surface area contributed by atoms with Crippen molar-refractivity contribution in [3.05, 3.63) is 30.1 Å². The Labute approximate surface area is 103 Å². The average Bonchev–Trinajstić information content (AvgIpc) is 2.28. The minimum atomic E-state index is -0.140. The molecule has 0 bridgehead atoms. The molecule has 1 amide bonds. The number of amides is 1. The molecule has 0 aromatic carbocycles. The largest absolute Gasteiger partial charge is 0.347 e. The van der Waals surface area contributed by atoms with Crippen molar-refractivity contribution in [2.24, 2.45) is 11.1 Å². The van der Waals surface area contributed by atoms with E-state index in [9.17, 15) is 4.79 Å². The van der Waals surface area contributed by atoms with Crippen LogP contribution < -0.4 is 11.1 Å². The second-order valence-electron chi connectivity index (χ2n) is 5.18. The Morgan fingerprint density at radius 1 is 1.47 bits per heavy atom. The molecule has 0 aliphatic heterocycles. The maximum atomic E-state index is 12.0. The molecular weight excluding hydrogens is 214 g/mol. The number of hydrogen-bond donors (Lipinski definition) is 2. The number of nitrogens with zero attached hydrogens (tertiary/aromatic N) is 1. The van der Waals surface area contributed by atoms with Crippen LogP contribution in [-0.2, 0) is 0 Å². The number of rotatable bonds is 4. The normalized spacial score (nSPS) is 13.2. The van der Waals surface area contributed by atoms with Crippen molar-refractivity contribution in [1.82, 2.24) is 10.3 Å². The summed E-state index contributed by atoms with van der Waals surface area (Å²) < 4.78 is 0. The third-order valence-electron chi connectivity index (χ3n) is 2.70. The summed E-state index contributed by atoms with van der Waals surface area (Å²) in [4.78, 5) is 16.0. The van der Waals surface area contributed by atoms with Crippen LogP contribution in [0.15, 0.2) is 24.4 Å². The Morgan fingerprint density at radius 3 is 2.65 bits per heavy atom. The van der Waals surface area contributed by atoms with Crippen LogP contribution in [0.5, 0.6) is 0 Å². The summed E-state index contributed by atoms with van der Waals surface area (Å²) in [6.07, 6.45) is 2.38. The van der Waals surface area contributed by atoms with E-state index in [1.54, 1.807) is 24.4 Å². The molecule has 0 saturated heterocycles.